The zero-order valence-corrected chi connectivity index (χ0v) is 21.9. The molecule has 3 atom stereocenters. The standard InChI is InChI=1S/C27H41N5O3/c1-6-13-22(25-29-23(35-30-25)18-20-14-9-7-10-15-20)31(4)27(34)24(21-16-11-8-12-17-21)32(5)26(33)19(2)28-3/h7,9-10,14-15,19,21-22,24,28H,6,8,11-13,16-18H2,1-5H3/t19-,22-,24-/m0/s1. The van der Waals surface area contributed by atoms with Crippen LogP contribution in [0.15, 0.2) is 34.9 Å². The van der Waals surface area contributed by atoms with Crippen molar-refractivity contribution in [1.29, 1.82) is 0 Å². The van der Waals surface area contributed by atoms with Crippen LogP contribution in [0.25, 0.3) is 0 Å². The second-order valence-corrected chi connectivity index (χ2v) is 9.76. The quantitative estimate of drug-likeness (QED) is 0.520. The van der Waals surface area contributed by atoms with E-state index in [0.29, 0.717) is 24.6 Å². The molecule has 8 nitrogen and oxygen atoms in total. The van der Waals surface area contributed by atoms with Crippen LogP contribution in [-0.2, 0) is 16.0 Å². The summed E-state index contributed by atoms with van der Waals surface area (Å²) in [6.07, 6.45) is 7.41. The Morgan fingerprint density at radius 2 is 1.77 bits per heavy atom. The lowest BCUT2D eigenvalue weighted by molar-refractivity contribution is -0.149. The lowest BCUT2D eigenvalue weighted by Gasteiger charge is -2.40. The number of aromatic nitrogens is 2. The topological polar surface area (TPSA) is 91.6 Å². The summed E-state index contributed by atoms with van der Waals surface area (Å²) in [6, 6.07) is 8.83. The van der Waals surface area contributed by atoms with Crippen LogP contribution in [-0.4, -0.2) is 65.0 Å². The zero-order valence-electron chi connectivity index (χ0n) is 21.9. The minimum atomic E-state index is -0.501. The molecule has 0 aliphatic heterocycles. The molecule has 3 rings (SSSR count). The van der Waals surface area contributed by atoms with E-state index in [0.717, 1.165) is 37.7 Å². The van der Waals surface area contributed by atoms with Gasteiger partial charge in [-0.3, -0.25) is 9.59 Å². The maximum Gasteiger partial charge on any atom is 0.246 e. The molecule has 8 heteroatoms. The molecule has 0 spiro atoms. The largest absolute Gasteiger partial charge is 0.339 e. The van der Waals surface area contributed by atoms with Crippen LogP contribution in [0.3, 0.4) is 0 Å². The summed E-state index contributed by atoms with van der Waals surface area (Å²) < 4.78 is 5.56. The van der Waals surface area contributed by atoms with Crippen molar-refractivity contribution in [2.24, 2.45) is 5.92 Å². The van der Waals surface area contributed by atoms with Crippen molar-refractivity contribution in [3.63, 3.8) is 0 Å². The van der Waals surface area contributed by atoms with Crippen molar-refractivity contribution < 1.29 is 14.1 Å². The first-order valence-electron chi connectivity index (χ1n) is 12.9. The summed E-state index contributed by atoms with van der Waals surface area (Å²) in [6.45, 7) is 3.91. The van der Waals surface area contributed by atoms with E-state index < -0.39 is 6.04 Å². The predicted octanol–water partition coefficient (Wildman–Crippen LogP) is 3.98. The van der Waals surface area contributed by atoms with E-state index >= 15 is 0 Å². The smallest absolute Gasteiger partial charge is 0.246 e. The number of benzene rings is 1. The molecule has 1 aromatic heterocycles. The monoisotopic (exact) mass is 483 g/mol. The Labute approximate surface area is 209 Å². The number of amides is 2. The molecule has 1 aromatic carbocycles. The van der Waals surface area contributed by atoms with Crippen molar-refractivity contribution in [3.05, 3.63) is 47.6 Å². The Hall–Kier alpha value is -2.74. The molecule has 0 unspecified atom stereocenters. The molecule has 2 aromatic rings. The minimum Gasteiger partial charge on any atom is -0.339 e. The first kappa shape index (κ1) is 26.9. The molecular weight excluding hydrogens is 442 g/mol. The third-order valence-corrected chi connectivity index (χ3v) is 7.27. The van der Waals surface area contributed by atoms with Crippen molar-refractivity contribution in [1.82, 2.24) is 25.3 Å². The van der Waals surface area contributed by atoms with Crippen LogP contribution in [0.1, 0.15) is 82.1 Å². The SMILES string of the molecule is CCC[C@@H](c1noc(Cc2ccccc2)n1)N(C)C(=O)[C@H](C1CCCCC1)N(C)C(=O)[C@H](C)NC. The fourth-order valence-electron chi connectivity index (χ4n) is 5.08. The van der Waals surface area contributed by atoms with Crippen LogP contribution in [0, 0.1) is 5.92 Å². The molecule has 0 radical (unpaired) electrons. The number of nitrogens with one attached hydrogen (secondary N) is 1. The van der Waals surface area contributed by atoms with Crippen molar-refractivity contribution in [2.75, 3.05) is 21.1 Å². The normalized spacial score (nSPS) is 16.9. The minimum absolute atomic E-state index is 0.0519. The highest BCUT2D eigenvalue weighted by Crippen LogP contribution is 2.32. The first-order valence-corrected chi connectivity index (χ1v) is 12.9. The Bertz CT molecular complexity index is 941. The molecule has 1 aliphatic carbocycles. The molecule has 1 saturated carbocycles. The third-order valence-electron chi connectivity index (χ3n) is 7.27. The van der Waals surface area contributed by atoms with Gasteiger partial charge in [0.05, 0.1) is 18.5 Å². The summed E-state index contributed by atoms with van der Waals surface area (Å²) in [5, 5.41) is 7.27. The second-order valence-electron chi connectivity index (χ2n) is 9.76. The number of hydrogen-bond acceptors (Lipinski definition) is 6. The maximum absolute atomic E-state index is 14.0. The highest BCUT2D eigenvalue weighted by atomic mass is 16.5. The van der Waals surface area contributed by atoms with Gasteiger partial charge < -0.3 is 19.6 Å². The van der Waals surface area contributed by atoms with Crippen molar-refractivity contribution >= 4 is 11.8 Å². The third kappa shape index (κ3) is 6.69. The number of hydrogen-bond donors (Lipinski definition) is 1. The van der Waals surface area contributed by atoms with E-state index in [2.05, 4.69) is 22.4 Å². The highest BCUT2D eigenvalue weighted by molar-refractivity contribution is 5.89. The predicted molar refractivity (Wildman–Crippen MR) is 136 cm³/mol. The van der Waals surface area contributed by atoms with Crippen molar-refractivity contribution in [2.45, 2.75) is 83.3 Å². The molecule has 1 aliphatic rings. The molecule has 0 bridgehead atoms. The van der Waals surface area contributed by atoms with Gasteiger partial charge >= 0.3 is 0 Å². The van der Waals surface area contributed by atoms with Crippen LogP contribution in [0.5, 0.6) is 0 Å². The highest BCUT2D eigenvalue weighted by Gasteiger charge is 2.40. The lowest BCUT2D eigenvalue weighted by atomic mass is 9.82. The number of nitrogens with zero attached hydrogens (tertiary/aromatic N) is 4. The maximum atomic E-state index is 14.0. The Morgan fingerprint density at radius 1 is 1.09 bits per heavy atom. The summed E-state index contributed by atoms with van der Waals surface area (Å²) in [5.41, 5.74) is 1.09. The molecule has 35 heavy (non-hydrogen) atoms. The second kappa shape index (κ2) is 12.8. The summed E-state index contributed by atoms with van der Waals surface area (Å²) in [4.78, 5) is 35.2. The van der Waals surface area contributed by atoms with Crippen LogP contribution < -0.4 is 5.32 Å². The number of carbonyl (C=O) groups is 2. The van der Waals surface area contributed by atoms with Gasteiger partial charge in [-0.2, -0.15) is 4.98 Å². The van der Waals surface area contributed by atoms with Gasteiger partial charge in [-0.15, -0.1) is 0 Å². The van der Waals surface area contributed by atoms with E-state index in [-0.39, 0.29) is 29.8 Å². The van der Waals surface area contributed by atoms with E-state index in [1.807, 2.05) is 44.3 Å². The van der Waals surface area contributed by atoms with Crippen LogP contribution >= 0.6 is 0 Å². The zero-order chi connectivity index (χ0) is 25.4. The van der Waals surface area contributed by atoms with E-state index in [1.165, 1.54) is 6.42 Å². The van der Waals surface area contributed by atoms with Gasteiger partial charge in [-0.25, -0.2) is 0 Å². The number of rotatable bonds is 11. The van der Waals surface area contributed by atoms with Crippen molar-refractivity contribution in [3.8, 4) is 0 Å². The number of carbonyl (C=O) groups excluding carboxylic acids is 2. The van der Waals surface area contributed by atoms with Gasteiger partial charge in [0.15, 0.2) is 5.82 Å². The summed E-state index contributed by atoms with van der Waals surface area (Å²) >= 11 is 0. The van der Waals surface area contributed by atoms with Gasteiger partial charge in [0.2, 0.25) is 17.7 Å². The Morgan fingerprint density at radius 3 is 2.40 bits per heavy atom. The Balaban J connectivity index is 1.84. The Kier molecular flexibility index (Phi) is 9.83. The molecule has 2 amide bonds. The van der Waals surface area contributed by atoms with E-state index in [1.54, 1.807) is 23.9 Å². The lowest BCUT2D eigenvalue weighted by Crippen LogP contribution is -2.56. The molecule has 1 N–H and O–H groups in total. The van der Waals surface area contributed by atoms with Crippen LogP contribution in [0.4, 0.5) is 0 Å². The van der Waals surface area contributed by atoms with Crippen LogP contribution in [0.2, 0.25) is 0 Å². The molecule has 0 saturated heterocycles. The van der Waals surface area contributed by atoms with E-state index in [4.69, 9.17) is 4.52 Å². The van der Waals surface area contributed by atoms with E-state index in [9.17, 15) is 9.59 Å². The fourth-order valence-corrected chi connectivity index (χ4v) is 5.08. The first-order chi connectivity index (χ1) is 16.9. The summed E-state index contributed by atoms with van der Waals surface area (Å²) in [7, 11) is 5.34. The molecule has 1 heterocycles. The van der Waals surface area contributed by atoms with Gasteiger partial charge in [-0.05, 0) is 44.7 Å². The van der Waals surface area contributed by atoms with Gasteiger partial charge in [0, 0.05) is 14.1 Å². The number of likely N-dealkylation sites (N-methyl/N-ethyl adjacent to an activating group) is 3. The average Bonchev–Trinajstić information content (AvgIpc) is 3.35. The van der Waals surface area contributed by atoms with Gasteiger partial charge in [0.1, 0.15) is 6.04 Å². The van der Waals surface area contributed by atoms with Gasteiger partial charge in [0.25, 0.3) is 0 Å². The summed E-state index contributed by atoms with van der Waals surface area (Å²) in [5.74, 6) is 1.09. The molecule has 192 valence electrons. The molecular formula is C27H41N5O3. The average molecular weight is 484 g/mol. The van der Waals surface area contributed by atoms with Gasteiger partial charge in [-0.1, -0.05) is 68.1 Å². The molecule has 1 fully saturated rings. The fraction of sp³-hybridized carbons (Fsp3) is 0.630.